The van der Waals surface area contributed by atoms with E-state index in [1.54, 1.807) is 0 Å². The predicted molar refractivity (Wildman–Crippen MR) is 173 cm³/mol. The molecule has 4 rings (SSSR count). The van der Waals surface area contributed by atoms with Gasteiger partial charge in [0.1, 0.15) is 24.4 Å². The zero-order chi connectivity index (χ0) is 31.1. The summed E-state index contributed by atoms with van der Waals surface area (Å²) in [6.07, 6.45) is 8.47. The highest BCUT2D eigenvalue weighted by molar-refractivity contribution is 5.92. The zero-order valence-electron chi connectivity index (χ0n) is 26.6. The van der Waals surface area contributed by atoms with Crippen molar-refractivity contribution < 1.29 is 19.1 Å². The third-order valence-electron chi connectivity index (χ3n) is 8.38. The molecule has 0 aromatic heterocycles. The van der Waals surface area contributed by atoms with E-state index < -0.39 is 12.1 Å². The topological polar surface area (TPSA) is 103 Å². The summed E-state index contributed by atoms with van der Waals surface area (Å²) in [6.45, 7) is 8.31. The quantitative estimate of drug-likeness (QED) is 0.303. The Labute approximate surface area is 263 Å². The smallest absolute Gasteiger partial charge is 0.318 e. The average Bonchev–Trinajstić information content (AvgIpc) is 3.33. The van der Waals surface area contributed by atoms with Gasteiger partial charge in [-0.05, 0) is 74.4 Å². The van der Waals surface area contributed by atoms with Gasteiger partial charge in [0.15, 0.2) is 0 Å². The van der Waals surface area contributed by atoms with E-state index in [2.05, 4.69) is 20.9 Å². The molecule has 2 saturated heterocycles. The van der Waals surface area contributed by atoms with Gasteiger partial charge in [-0.15, -0.1) is 0 Å². The fourth-order valence-corrected chi connectivity index (χ4v) is 5.83. The third kappa shape index (κ3) is 11.2. The van der Waals surface area contributed by atoms with Crippen LogP contribution in [-0.2, 0) is 22.6 Å². The molecule has 44 heavy (non-hydrogen) atoms. The molecule has 0 unspecified atom stereocenters. The number of rotatable bonds is 13. The second-order valence-corrected chi connectivity index (χ2v) is 12.6. The normalized spacial score (nSPS) is 17.3. The van der Waals surface area contributed by atoms with Gasteiger partial charge >= 0.3 is 6.03 Å². The van der Waals surface area contributed by atoms with Crippen LogP contribution in [0.5, 0.6) is 5.75 Å². The Morgan fingerprint density at radius 1 is 0.727 bits per heavy atom. The van der Waals surface area contributed by atoms with Crippen LogP contribution in [0.4, 0.5) is 4.79 Å². The highest BCUT2D eigenvalue weighted by Gasteiger charge is 2.29. The first-order chi connectivity index (χ1) is 21.4. The maximum absolute atomic E-state index is 13.7. The van der Waals surface area contributed by atoms with Crippen molar-refractivity contribution in [3.63, 3.8) is 0 Å². The fraction of sp³-hybridized carbons (Fsp3) is 0.571. The molecule has 0 radical (unpaired) electrons. The third-order valence-corrected chi connectivity index (χ3v) is 8.38. The second kappa shape index (κ2) is 17.6. The minimum Gasteiger partial charge on any atom is -0.489 e. The molecule has 2 aromatic rings. The number of hydrogen-bond donors (Lipinski definition) is 3. The Morgan fingerprint density at radius 3 is 2.02 bits per heavy atom. The van der Waals surface area contributed by atoms with E-state index in [0.717, 1.165) is 68.5 Å². The molecular formula is C35H51N5O4. The average molecular weight is 606 g/mol. The van der Waals surface area contributed by atoms with Crippen molar-refractivity contribution in [3.05, 3.63) is 65.7 Å². The van der Waals surface area contributed by atoms with Crippen molar-refractivity contribution in [2.75, 3.05) is 32.8 Å². The van der Waals surface area contributed by atoms with Crippen molar-refractivity contribution >= 4 is 17.8 Å². The predicted octanol–water partition coefficient (Wildman–Crippen LogP) is 4.85. The van der Waals surface area contributed by atoms with Gasteiger partial charge in [-0.2, -0.15) is 0 Å². The highest BCUT2D eigenvalue weighted by Crippen LogP contribution is 2.17. The molecule has 4 amide bonds. The molecule has 0 spiro atoms. The van der Waals surface area contributed by atoms with Gasteiger partial charge in [0.2, 0.25) is 11.8 Å². The number of likely N-dealkylation sites (tertiary alicyclic amines) is 2. The lowest BCUT2D eigenvalue weighted by Gasteiger charge is -2.29. The summed E-state index contributed by atoms with van der Waals surface area (Å²) in [5.74, 6) is 0.365. The maximum atomic E-state index is 13.7. The van der Waals surface area contributed by atoms with Crippen molar-refractivity contribution in [1.82, 2.24) is 25.8 Å². The minimum absolute atomic E-state index is 0.185. The van der Waals surface area contributed by atoms with Gasteiger partial charge in [0.05, 0.1) is 6.67 Å². The molecule has 0 saturated carbocycles. The summed E-state index contributed by atoms with van der Waals surface area (Å²) >= 11 is 0. The second-order valence-electron chi connectivity index (χ2n) is 12.6. The standard InChI is InChI=1S/C35H51N5O4/c1-27(2)23-31(38-35(43)40-21-11-3-4-12-22-40)34(42)37-32(33(41)36-26-39-19-9-6-10-20-39)24-28-15-17-30(18-16-28)44-25-29-13-7-5-8-14-29/h5,7-8,13-18,27,31-32H,3-4,6,9-12,19-26H2,1-2H3,(H,36,41)(H,37,42)(H,38,43)/t31-,32-/m0/s1. The fourth-order valence-electron chi connectivity index (χ4n) is 5.83. The first-order valence-corrected chi connectivity index (χ1v) is 16.5. The van der Waals surface area contributed by atoms with Crippen molar-refractivity contribution in [2.24, 2.45) is 5.92 Å². The highest BCUT2D eigenvalue weighted by atomic mass is 16.5. The Morgan fingerprint density at radius 2 is 1.36 bits per heavy atom. The van der Waals surface area contributed by atoms with Gasteiger partial charge in [0, 0.05) is 19.5 Å². The summed E-state index contributed by atoms with van der Waals surface area (Å²) in [6, 6.07) is 15.9. The molecule has 2 heterocycles. The zero-order valence-corrected chi connectivity index (χ0v) is 26.6. The Bertz CT molecular complexity index is 1160. The molecule has 2 fully saturated rings. The Balaban J connectivity index is 1.42. The van der Waals surface area contributed by atoms with E-state index >= 15 is 0 Å². The number of benzene rings is 2. The van der Waals surface area contributed by atoms with Crippen molar-refractivity contribution in [1.29, 1.82) is 0 Å². The molecule has 9 heteroatoms. The molecule has 2 aromatic carbocycles. The van der Waals surface area contributed by atoms with Gasteiger partial charge in [-0.3, -0.25) is 14.5 Å². The Kier molecular flexibility index (Phi) is 13.4. The number of carbonyl (C=O) groups is 3. The number of carbonyl (C=O) groups excluding carboxylic acids is 3. The molecule has 2 aliphatic heterocycles. The molecule has 9 nitrogen and oxygen atoms in total. The lowest BCUT2D eigenvalue weighted by molar-refractivity contribution is -0.130. The first-order valence-electron chi connectivity index (χ1n) is 16.5. The summed E-state index contributed by atoms with van der Waals surface area (Å²) in [7, 11) is 0. The van der Waals surface area contributed by atoms with E-state index in [1.165, 1.54) is 6.42 Å². The number of nitrogens with one attached hydrogen (secondary N) is 3. The molecule has 2 atom stereocenters. The van der Waals surface area contributed by atoms with Crippen LogP contribution >= 0.6 is 0 Å². The van der Waals surface area contributed by atoms with Crippen LogP contribution in [0.15, 0.2) is 54.6 Å². The number of amides is 4. The first kappa shape index (κ1) is 33.3. The van der Waals surface area contributed by atoms with E-state index in [4.69, 9.17) is 4.74 Å². The number of piperidine rings is 1. The van der Waals surface area contributed by atoms with Crippen LogP contribution in [-0.4, -0.2) is 72.6 Å². The van der Waals surface area contributed by atoms with Crippen LogP contribution in [0.3, 0.4) is 0 Å². The number of urea groups is 1. The molecular weight excluding hydrogens is 554 g/mol. The number of hydrogen-bond acceptors (Lipinski definition) is 5. The minimum atomic E-state index is -0.784. The number of nitrogens with zero attached hydrogens (tertiary/aromatic N) is 2. The number of ether oxygens (including phenoxy) is 1. The van der Waals surface area contributed by atoms with Gasteiger partial charge in [-0.1, -0.05) is 75.6 Å². The SMILES string of the molecule is CC(C)C[C@H](NC(=O)N1CCCCCC1)C(=O)N[C@@H](Cc1ccc(OCc2ccccc2)cc1)C(=O)NCN1CCCCC1. The largest absolute Gasteiger partial charge is 0.489 e. The van der Waals surface area contributed by atoms with E-state index in [9.17, 15) is 14.4 Å². The van der Waals surface area contributed by atoms with Gasteiger partial charge < -0.3 is 25.6 Å². The van der Waals surface area contributed by atoms with E-state index in [-0.39, 0.29) is 23.8 Å². The van der Waals surface area contributed by atoms with Crippen molar-refractivity contribution in [3.8, 4) is 5.75 Å². The lowest BCUT2D eigenvalue weighted by Crippen LogP contribution is -2.57. The van der Waals surface area contributed by atoms with Gasteiger partial charge in [0.25, 0.3) is 0 Å². The van der Waals surface area contributed by atoms with E-state index in [0.29, 0.717) is 39.2 Å². The summed E-state index contributed by atoms with van der Waals surface area (Å²) < 4.78 is 5.93. The summed E-state index contributed by atoms with van der Waals surface area (Å²) in [4.78, 5) is 44.4. The van der Waals surface area contributed by atoms with Crippen LogP contribution < -0.4 is 20.7 Å². The molecule has 2 aliphatic rings. The molecule has 240 valence electrons. The van der Waals surface area contributed by atoms with Crippen molar-refractivity contribution in [2.45, 2.75) is 90.3 Å². The van der Waals surface area contributed by atoms with Crippen LogP contribution in [0, 0.1) is 5.92 Å². The summed E-state index contributed by atoms with van der Waals surface area (Å²) in [5, 5.41) is 9.06. The van der Waals surface area contributed by atoms with Crippen LogP contribution in [0.2, 0.25) is 0 Å². The summed E-state index contributed by atoms with van der Waals surface area (Å²) in [5.41, 5.74) is 1.99. The van der Waals surface area contributed by atoms with E-state index in [1.807, 2.05) is 73.3 Å². The van der Waals surface area contributed by atoms with Crippen LogP contribution in [0.25, 0.3) is 0 Å². The Hall–Kier alpha value is -3.59. The van der Waals surface area contributed by atoms with Gasteiger partial charge in [-0.25, -0.2) is 4.79 Å². The molecule has 3 N–H and O–H groups in total. The molecule has 0 aliphatic carbocycles. The monoisotopic (exact) mass is 605 g/mol. The van der Waals surface area contributed by atoms with Crippen LogP contribution in [0.1, 0.15) is 76.3 Å². The lowest BCUT2D eigenvalue weighted by atomic mass is 10.0. The molecule has 0 bridgehead atoms. The maximum Gasteiger partial charge on any atom is 0.318 e.